The summed E-state index contributed by atoms with van der Waals surface area (Å²) in [5, 5.41) is 10.8. The number of hydrogen-bond acceptors (Lipinski definition) is 2. The van der Waals surface area contributed by atoms with Crippen LogP contribution in [0.1, 0.15) is 12.5 Å². The van der Waals surface area contributed by atoms with Crippen LogP contribution < -0.4 is 0 Å². The van der Waals surface area contributed by atoms with Gasteiger partial charge in [0.25, 0.3) is 5.92 Å². The van der Waals surface area contributed by atoms with Crippen LogP contribution in [0.5, 0.6) is 0 Å². The Hall–Kier alpha value is -1.52. The molecule has 0 radical (unpaired) electrons. The van der Waals surface area contributed by atoms with Gasteiger partial charge in [-0.05, 0) is 12.1 Å². The maximum atomic E-state index is 13.0. The van der Waals surface area contributed by atoms with Crippen molar-refractivity contribution in [2.24, 2.45) is 5.16 Å². The highest BCUT2D eigenvalue weighted by atomic mass is 19.3. The van der Waals surface area contributed by atoms with E-state index in [2.05, 4.69) is 5.16 Å². The van der Waals surface area contributed by atoms with Crippen molar-refractivity contribution in [3.8, 4) is 0 Å². The van der Waals surface area contributed by atoms with Gasteiger partial charge in [0, 0.05) is 12.5 Å². The molecule has 0 amide bonds. The number of rotatable bonds is 2. The molecule has 2 nitrogen and oxygen atoms in total. The number of alkyl halides is 2. The SMILES string of the molecule is CC(F)(F)C(=NO)c1ccccc1F. The number of benzene rings is 1. The van der Waals surface area contributed by atoms with E-state index in [-0.39, 0.29) is 0 Å². The van der Waals surface area contributed by atoms with E-state index in [1.165, 1.54) is 12.1 Å². The second-order valence-electron chi connectivity index (χ2n) is 2.82. The van der Waals surface area contributed by atoms with Crippen molar-refractivity contribution in [2.75, 3.05) is 0 Å². The lowest BCUT2D eigenvalue weighted by Crippen LogP contribution is -2.26. The Morgan fingerprint density at radius 2 is 1.93 bits per heavy atom. The van der Waals surface area contributed by atoms with Gasteiger partial charge in [-0.3, -0.25) is 0 Å². The van der Waals surface area contributed by atoms with Crippen LogP contribution in [0, 0.1) is 5.82 Å². The summed E-state index contributed by atoms with van der Waals surface area (Å²) in [6.07, 6.45) is 0. The summed E-state index contributed by atoms with van der Waals surface area (Å²) in [5.41, 5.74) is -1.38. The number of nitrogens with zero attached hydrogens (tertiary/aromatic N) is 1. The van der Waals surface area contributed by atoms with Gasteiger partial charge in [0.1, 0.15) is 5.82 Å². The number of oxime groups is 1. The molecule has 0 heterocycles. The Bertz CT molecular complexity index is 357. The van der Waals surface area contributed by atoms with Gasteiger partial charge in [0.05, 0.1) is 0 Å². The van der Waals surface area contributed by atoms with Crippen LogP contribution in [0.3, 0.4) is 0 Å². The molecule has 0 aliphatic heterocycles. The third kappa shape index (κ3) is 2.04. The van der Waals surface area contributed by atoms with Gasteiger partial charge in [0.15, 0.2) is 5.71 Å². The predicted molar refractivity (Wildman–Crippen MR) is 45.3 cm³/mol. The van der Waals surface area contributed by atoms with Gasteiger partial charge in [-0.15, -0.1) is 0 Å². The molecule has 14 heavy (non-hydrogen) atoms. The smallest absolute Gasteiger partial charge is 0.290 e. The Morgan fingerprint density at radius 3 is 2.36 bits per heavy atom. The van der Waals surface area contributed by atoms with E-state index in [9.17, 15) is 13.2 Å². The van der Waals surface area contributed by atoms with Crippen LogP contribution in [-0.4, -0.2) is 16.8 Å². The minimum atomic E-state index is -3.38. The predicted octanol–water partition coefficient (Wildman–Crippen LogP) is 2.66. The molecule has 5 heteroatoms. The Labute approximate surface area is 78.7 Å². The lowest BCUT2D eigenvalue weighted by Gasteiger charge is -2.12. The summed E-state index contributed by atoms with van der Waals surface area (Å²) in [5.74, 6) is -4.22. The lowest BCUT2D eigenvalue weighted by atomic mass is 10.1. The van der Waals surface area contributed by atoms with Crippen LogP contribution in [0.25, 0.3) is 0 Å². The molecule has 1 N–H and O–H groups in total. The summed E-state index contributed by atoms with van der Waals surface area (Å²) in [6, 6.07) is 4.89. The second kappa shape index (κ2) is 3.69. The third-order valence-corrected chi connectivity index (χ3v) is 1.64. The maximum Gasteiger partial charge on any atom is 0.290 e. The average molecular weight is 203 g/mol. The van der Waals surface area contributed by atoms with Crippen molar-refractivity contribution in [2.45, 2.75) is 12.8 Å². The van der Waals surface area contributed by atoms with E-state index in [4.69, 9.17) is 5.21 Å². The van der Waals surface area contributed by atoms with Crippen LogP contribution in [-0.2, 0) is 0 Å². The van der Waals surface area contributed by atoms with E-state index >= 15 is 0 Å². The molecule has 1 rings (SSSR count). The second-order valence-corrected chi connectivity index (χ2v) is 2.82. The van der Waals surface area contributed by atoms with Crippen LogP contribution in [0.4, 0.5) is 13.2 Å². The summed E-state index contributed by atoms with van der Waals surface area (Å²) in [7, 11) is 0. The first-order chi connectivity index (χ1) is 6.46. The zero-order valence-electron chi connectivity index (χ0n) is 7.34. The monoisotopic (exact) mass is 203 g/mol. The zero-order valence-corrected chi connectivity index (χ0v) is 7.34. The Morgan fingerprint density at radius 1 is 1.36 bits per heavy atom. The summed E-state index contributed by atoms with van der Waals surface area (Å²) in [6.45, 7) is 0.536. The van der Waals surface area contributed by atoms with Crippen LogP contribution >= 0.6 is 0 Å². The normalized spacial score (nSPS) is 13.0. The zero-order chi connectivity index (χ0) is 10.8. The molecule has 0 saturated carbocycles. The van der Waals surface area contributed by atoms with E-state index in [0.29, 0.717) is 6.92 Å². The van der Waals surface area contributed by atoms with Crippen LogP contribution in [0.2, 0.25) is 0 Å². The van der Waals surface area contributed by atoms with Crippen molar-refractivity contribution in [1.82, 2.24) is 0 Å². The van der Waals surface area contributed by atoms with Gasteiger partial charge in [-0.25, -0.2) is 4.39 Å². The van der Waals surface area contributed by atoms with Gasteiger partial charge < -0.3 is 5.21 Å². The van der Waals surface area contributed by atoms with Gasteiger partial charge >= 0.3 is 0 Å². The largest absolute Gasteiger partial charge is 0.410 e. The highest BCUT2D eigenvalue weighted by Crippen LogP contribution is 2.21. The highest BCUT2D eigenvalue weighted by molar-refractivity contribution is 6.05. The van der Waals surface area contributed by atoms with Gasteiger partial charge in [-0.2, -0.15) is 8.78 Å². The van der Waals surface area contributed by atoms with E-state index in [0.717, 1.165) is 12.1 Å². The molecule has 76 valence electrons. The summed E-state index contributed by atoms with van der Waals surface area (Å²) >= 11 is 0. The molecule has 0 saturated heterocycles. The van der Waals surface area contributed by atoms with Gasteiger partial charge in [-0.1, -0.05) is 17.3 Å². The summed E-state index contributed by atoms with van der Waals surface area (Å²) < 4.78 is 38.6. The average Bonchev–Trinajstić information content (AvgIpc) is 2.07. The lowest BCUT2D eigenvalue weighted by molar-refractivity contribution is 0.0961. The fourth-order valence-corrected chi connectivity index (χ4v) is 1.03. The highest BCUT2D eigenvalue weighted by Gasteiger charge is 2.33. The fraction of sp³-hybridized carbons (Fsp3) is 0.222. The molecule has 0 aromatic heterocycles. The Kier molecular flexibility index (Phi) is 2.78. The quantitative estimate of drug-likeness (QED) is 0.447. The van der Waals surface area contributed by atoms with Gasteiger partial charge in [0.2, 0.25) is 0 Å². The van der Waals surface area contributed by atoms with Crippen molar-refractivity contribution < 1.29 is 18.4 Å². The standard InChI is InChI=1S/C9H8F3NO/c1-9(11,12)8(13-14)6-4-2-3-5-7(6)10/h2-5,14H,1H3. The van der Waals surface area contributed by atoms with Crippen molar-refractivity contribution in [1.29, 1.82) is 0 Å². The number of halogens is 3. The number of hydrogen-bond donors (Lipinski definition) is 1. The molecule has 0 bridgehead atoms. The molecule has 0 aliphatic rings. The Balaban J connectivity index is 3.23. The molecule has 0 unspecified atom stereocenters. The molecule has 0 aliphatic carbocycles. The maximum absolute atomic E-state index is 13.0. The molecule has 1 aromatic carbocycles. The first-order valence-corrected chi connectivity index (χ1v) is 3.82. The molecular weight excluding hydrogens is 195 g/mol. The van der Waals surface area contributed by atoms with Crippen molar-refractivity contribution in [3.05, 3.63) is 35.6 Å². The van der Waals surface area contributed by atoms with Crippen molar-refractivity contribution in [3.63, 3.8) is 0 Å². The minimum absolute atomic E-state index is 0.400. The molecule has 1 aromatic rings. The van der Waals surface area contributed by atoms with Crippen molar-refractivity contribution >= 4 is 5.71 Å². The van der Waals surface area contributed by atoms with E-state index in [1.54, 1.807) is 0 Å². The first-order valence-electron chi connectivity index (χ1n) is 3.82. The van der Waals surface area contributed by atoms with E-state index < -0.39 is 23.0 Å². The van der Waals surface area contributed by atoms with E-state index in [1.807, 2.05) is 0 Å². The first kappa shape index (κ1) is 10.6. The molecule has 0 fully saturated rings. The summed E-state index contributed by atoms with van der Waals surface area (Å²) in [4.78, 5) is 0. The van der Waals surface area contributed by atoms with Crippen LogP contribution in [0.15, 0.2) is 29.4 Å². The molecule has 0 spiro atoms. The third-order valence-electron chi connectivity index (χ3n) is 1.64. The molecular formula is C9H8F3NO. The minimum Gasteiger partial charge on any atom is -0.410 e. The fourth-order valence-electron chi connectivity index (χ4n) is 1.03. The topological polar surface area (TPSA) is 32.6 Å². The molecule has 0 atom stereocenters.